The maximum absolute atomic E-state index is 2.48. The van der Waals surface area contributed by atoms with Crippen molar-refractivity contribution in [3.8, 4) is 0 Å². The predicted octanol–water partition coefficient (Wildman–Crippen LogP) is 6.45. The van der Waals surface area contributed by atoms with E-state index < -0.39 is 0 Å². The second-order valence-corrected chi connectivity index (χ2v) is 8.33. The van der Waals surface area contributed by atoms with Crippen molar-refractivity contribution < 1.29 is 0 Å². The van der Waals surface area contributed by atoms with E-state index in [1.807, 2.05) is 0 Å². The Morgan fingerprint density at radius 1 is 0.708 bits per heavy atom. The van der Waals surface area contributed by atoms with E-state index in [4.69, 9.17) is 0 Å². The number of fused-ring (bicyclic) bond motifs is 6. The van der Waals surface area contributed by atoms with E-state index in [9.17, 15) is 0 Å². The summed E-state index contributed by atoms with van der Waals surface area (Å²) in [6.45, 7) is 0. The first-order valence-electron chi connectivity index (χ1n) is 10.1. The smallest absolute Gasteiger partial charge is 0.0236 e. The van der Waals surface area contributed by atoms with Crippen LogP contribution < -0.4 is 0 Å². The van der Waals surface area contributed by atoms with Gasteiger partial charge in [-0.15, -0.1) is 0 Å². The summed E-state index contributed by atoms with van der Waals surface area (Å²) < 4.78 is 0. The molecular weight excluding hydrogens is 288 g/mol. The van der Waals surface area contributed by atoms with Gasteiger partial charge in [-0.1, -0.05) is 80.3 Å². The summed E-state index contributed by atoms with van der Waals surface area (Å²) in [4.78, 5) is 0. The van der Waals surface area contributed by atoms with Crippen LogP contribution in [0.4, 0.5) is 0 Å². The number of benzene rings is 2. The lowest BCUT2D eigenvalue weighted by atomic mass is 9.47. The topological polar surface area (TPSA) is 0 Å². The Balaban J connectivity index is 1.77. The van der Waals surface area contributed by atoms with Crippen LogP contribution in [0.25, 0.3) is 0 Å². The first-order valence-corrected chi connectivity index (χ1v) is 10.1. The molecule has 2 saturated carbocycles. The van der Waals surface area contributed by atoms with Gasteiger partial charge in [0.15, 0.2) is 0 Å². The Labute approximate surface area is 146 Å². The quantitative estimate of drug-likeness (QED) is 0.567. The van der Waals surface area contributed by atoms with Crippen molar-refractivity contribution >= 4 is 0 Å². The Morgan fingerprint density at radius 2 is 1.46 bits per heavy atom. The standard InChI is InChI=1S/C24H28/c1-2-10-18(11-3-1)24-17-9-8-16-23(24)20-13-5-4-12-19(20)21-14-6-7-15-22(21)24/h1-3,6-7,10-11,14-15,19-20,23H,4-5,8-9,12-13,16-17H2/t19-,20-,23+,24-/m0/s1. The summed E-state index contributed by atoms with van der Waals surface area (Å²) in [5.74, 6) is 2.60. The molecule has 4 atom stereocenters. The van der Waals surface area contributed by atoms with E-state index in [1.165, 1.54) is 51.4 Å². The fourth-order valence-corrected chi connectivity index (χ4v) is 6.62. The van der Waals surface area contributed by atoms with Crippen molar-refractivity contribution in [3.05, 3.63) is 71.3 Å². The largest absolute Gasteiger partial charge is 0.0622 e. The van der Waals surface area contributed by atoms with Crippen LogP contribution in [0.3, 0.4) is 0 Å². The number of hydrogen-bond acceptors (Lipinski definition) is 0. The van der Waals surface area contributed by atoms with E-state index in [2.05, 4.69) is 54.6 Å². The monoisotopic (exact) mass is 316 g/mol. The number of hydrogen-bond donors (Lipinski definition) is 0. The van der Waals surface area contributed by atoms with Gasteiger partial charge in [-0.05, 0) is 60.1 Å². The number of rotatable bonds is 1. The van der Waals surface area contributed by atoms with Crippen molar-refractivity contribution in [1.29, 1.82) is 0 Å². The molecule has 0 aromatic heterocycles. The fraction of sp³-hybridized carbons (Fsp3) is 0.500. The zero-order chi connectivity index (χ0) is 16.0. The molecule has 0 spiro atoms. The minimum Gasteiger partial charge on any atom is -0.0622 e. The third kappa shape index (κ3) is 1.98. The molecule has 2 aromatic rings. The molecule has 3 aliphatic carbocycles. The minimum atomic E-state index is 0.286. The third-order valence-corrected chi connectivity index (χ3v) is 7.44. The second-order valence-electron chi connectivity index (χ2n) is 8.33. The van der Waals surface area contributed by atoms with Crippen molar-refractivity contribution in [2.24, 2.45) is 11.8 Å². The Hall–Kier alpha value is -1.56. The lowest BCUT2D eigenvalue weighted by Crippen LogP contribution is -2.49. The Bertz CT molecular complexity index is 716. The molecule has 0 N–H and O–H groups in total. The van der Waals surface area contributed by atoms with Crippen LogP contribution in [0.1, 0.15) is 74.0 Å². The molecule has 0 amide bonds. The highest BCUT2D eigenvalue weighted by molar-refractivity contribution is 5.49. The van der Waals surface area contributed by atoms with E-state index in [0.29, 0.717) is 0 Å². The molecule has 124 valence electrons. The van der Waals surface area contributed by atoms with Crippen LogP contribution in [-0.2, 0) is 5.41 Å². The van der Waals surface area contributed by atoms with Gasteiger partial charge in [-0.3, -0.25) is 0 Å². The molecule has 0 radical (unpaired) electrons. The SMILES string of the molecule is c1ccc([C@]23CCCC[C@@H]2[C@H]2CCCC[C@@H]2c2ccccc23)cc1. The van der Waals surface area contributed by atoms with Crippen LogP contribution in [0, 0.1) is 11.8 Å². The average molecular weight is 316 g/mol. The molecule has 0 unspecified atom stereocenters. The normalized spacial score (nSPS) is 34.8. The van der Waals surface area contributed by atoms with Crippen LogP contribution in [0.5, 0.6) is 0 Å². The van der Waals surface area contributed by atoms with E-state index >= 15 is 0 Å². The first-order chi connectivity index (χ1) is 11.9. The molecule has 0 heterocycles. The van der Waals surface area contributed by atoms with Crippen molar-refractivity contribution in [1.82, 2.24) is 0 Å². The van der Waals surface area contributed by atoms with Gasteiger partial charge in [0, 0.05) is 5.41 Å². The van der Waals surface area contributed by atoms with Gasteiger partial charge >= 0.3 is 0 Å². The summed E-state index contributed by atoms with van der Waals surface area (Å²) >= 11 is 0. The molecule has 0 bridgehead atoms. The molecule has 0 saturated heterocycles. The maximum atomic E-state index is 2.48. The first kappa shape index (κ1) is 14.8. The average Bonchev–Trinajstić information content (AvgIpc) is 2.69. The maximum Gasteiger partial charge on any atom is 0.0236 e. The van der Waals surface area contributed by atoms with Gasteiger partial charge in [0.05, 0.1) is 0 Å². The zero-order valence-corrected chi connectivity index (χ0v) is 14.6. The fourth-order valence-electron chi connectivity index (χ4n) is 6.62. The van der Waals surface area contributed by atoms with Gasteiger partial charge in [0.25, 0.3) is 0 Å². The van der Waals surface area contributed by atoms with Crippen LogP contribution in [-0.4, -0.2) is 0 Å². The molecule has 24 heavy (non-hydrogen) atoms. The highest BCUT2D eigenvalue weighted by atomic mass is 14.6. The molecule has 0 nitrogen and oxygen atoms in total. The Kier molecular flexibility index (Phi) is 3.54. The molecule has 5 rings (SSSR count). The van der Waals surface area contributed by atoms with Gasteiger partial charge in [0.2, 0.25) is 0 Å². The predicted molar refractivity (Wildman–Crippen MR) is 100 cm³/mol. The van der Waals surface area contributed by atoms with Crippen LogP contribution in [0.15, 0.2) is 54.6 Å². The van der Waals surface area contributed by atoms with Crippen LogP contribution in [0.2, 0.25) is 0 Å². The second kappa shape index (κ2) is 5.76. The van der Waals surface area contributed by atoms with Crippen molar-refractivity contribution in [2.45, 2.75) is 62.7 Å². The summed E-state index contributed by atoms with van der Waals surface area (Å²) in [5.41, 5.74) is 5.26. The van der Waals surface area contributed by atoms with Gasteiger partial charge < -0.3 is 0 Å². The lowest BCUT2D eigenvalue weighted by molar-refractivity contribution is 0.0852. The third-order valence-electron chi connectivity index (χ3n) is 7.44. The lowest BCUT2D eigenvalue weighted by Gasteiger charge is -2.56. The molecule has 2 aromatic carbocycles. The zero-order valence-electron chi connectivity index (χ0n) is 14.6. The molecule has 3 aliphatic rings. The highest BCUT2D eigenvalue weighted by Gasteiger charge is 2.53. The highest BCUT2D eigenvalue weighted by Crippen LogP contribution is 2.61. The van der Waals surface area contributed by atoms with Crippen molar-refractivity contribution in [3.63, 3.8) is 0 Å². The van der Waals surface area contributed by atoms with E-state index in [0.717, 1.165) is 17.8 Å². The Morgan fingerprint density at radius 3 is 2.38 bits per heavy atom. The van der Waals surface area contributed by atoms with Crippen LogP contribution >= 0.6 is 0 Å². The summed E-state index contributed by atoms with van der Waals surface area (Å²) in [5, 5.41) is 0. The summed E-state index contributed by atoms with van der Waals surface area (Å²) in [7, 11) is 0. The molecule has 2 fully saturated rings. The molecular formula is C24H28. The van der Waals surface area contributed by atoms with Crippen molar-refractivity contribution in [2.75, 3.05) is 0 Å². The van der Waals surface area contributed by atoms with Gasteiger partial charge in [-0.2, -0.15) is 0 Å². The summed E-state index contributed by atoms with van der Waals surface area (Å²) in [6, 6.07) is 21.0. The molecule has 0 heteroatoms. The van der Waals surface area contributed by atoms with E-state index in [1.54, 1.807) is 16.7 Å². The van der Waals surface area contributed by atoms with Gasteiger partial charge in [0.1, 0.15) is 0 Å². The van der Waals surface area contributed by atoms with Gasteiger partial charge in [-0.25, -0.2) is 0 Å². The summed E-state index contributed by atoms with van der Waals surface area (Å²) in [6.07, 6.45) is 11.4. The van der Waals surface area contributed by atoms with E-state index in [-0.39, 0.29) is 5.41 Å². The molecule has 0 aliphatic heterocycles. The minimum absolute atomic E-state index is 0.286.